The molecule has 72 heavy (non-hydrogen) atoms. The summed E-state index contributed by atoms with van der Waals surface area (Å²) >= 11 is 0. The van der Waals surface area contributed by atoms with E-state index in [0.29, 0.717) is 0 Å². The minimum absolute atomic E-state index is 0.241. The third kappa shape index (κ3) is 7.00. The molecule has 2 heteroatoms. The summed E-state index contributed by atoms with van der Waals surface area (Å²) in [6, 6.07) is 85.8. The van der Waals surface area contributed by atoms with Gasteiger partial charge in [0.25, 0.3) is 0 Å². The van der Waals surface area contributed by atoms with Crippen molar-refractivity contribution in [2.75, 3.05) is 0 Å². The van der Waals surface area contributed by atoms with Gasteiger partial charge in [0.1, 0.15) is 0 Å². The molecule has 0 spiro atoms. The van der Waals surface area contributed by atoms with Gasteiger partial charge in [0.15, 0.2) is 0 Å². The Balaban J connectivity index is 1.25. The summed E-state index contributed by atoms with van der Waals surface area (Å²) in [5.41, 5.74) is 16.5. The Labute approximate surface area is 422 Å². The van der Waals surface area contributed by atoms with Crippen molar-refractivity contribution in [1.29, 1.82) is 0 Å². The molecule has 0 aliphatic carbocycles. The Kier molecular flexibility index (Phi) is 10.0. The van der Waals surface area contributed by atoms with Crippen LogP contribution in [-0.4, -0.2) is 9.13 Å². The van der Waals surface area contributed by atoms with Gasteiger partial charge in [0.05, 0.1) is 22.4 Å². The molecule has 0 saturated heterocycles. The molecule has 0 aliphatic heterocycles. The molecule has 11 aromatic carbocycles. The maximum absolute atomic E-state index is 2.57. The predicted octanol–water partition coefficient (Wildman–Crippen LogP) is 19.5. The molecule has 2 heterocycles. The molecule has 2 aromatic heterocycles. The highest BCUT2D eigenvalue weighted by molar-refractivity contribution is 6.19. The van der Waals surface area contributed by atoms with Gasteiger partial charge in [-0.3, -0.25) is 0 Å². The number of nitrogens with zero attached hydrogens (tertiary/aromatic N) is 2. The van der Waals surface area contributed by atoms with Gasteiger partial charge in [0.2, 0.25) is 0 Å². The molecule has 0 fully saturated rings. The van der Waals surface area contributed by atoms with Crippen molar-refractivity contribution >= 4 is 64.9 Å². The van der Waals surface area contributed by atoms with Crippen LogP contribution in [0.25, 0.3) is 121 Å². The van der Waals surface area contributed by atoms with E-state index in [-0.39, 0.29) is 10.8 Å². The Morgan fingerprint density at radius 2 is 0.569 bits per heavy atom. The van der Waals surface area contributed by atoms with Gasteiger partial charge in [-0.25, -0.2) is 0 Å². The first kappa shape index (κ1) is 43.6. The molecule has 0 N–H and O–H groups in total. The average Bonchev–Trinajstić information content (AvgIpc) is 3.91. The largest absolute Gasteiger partial charge is 0.309 e. The van der Waals surface area contributed by atoms with Crippen molar-refractivity contribution in [2.24, 2.45) is 0 Å². The zero-order chi connectivity index (χ0) is 48.9. The fourth-order valence-corrected chi connectivity index (χ4v) is 12.1. The lowest BCUT2D eigenvalue weighted by atomic mass is 9.73. The molecular formula is C70H56N2. The van der Waals surface area contributed by atoms with Crippen molar-refractivity contribution < 1.29 is 0 Å². The fraction of sp³-hybridized carbons (Fsp3) is 0.114. The highest BCUT2D eigenvalue weighted by atomic mass is 15.0. The number of fused-ring (bicyclic) bond motifs is 6. The van der Waals surface area contributed by atoms with Crippen molar-refractivity contribution in [3.05, 3.63) is 242 Å². The minimum atomic E-state index is -0.241. The Morgan fingerprint density at radius 1 is 0.264 bits per heavy atom. The summed E-state index contributed by atoms with van der Waals surface area (Å²) in [4.78, 5) is 0. The molecule has 0 amide bonds. The molecular weight excluding hydrogens is 869 g/mol. The molecule has 0 bridgehead atoms. The number of aromatic nitrogens is 2. The van der Waals surface area contributed by atoms with Gasteiger partial charge in [-0.2, -0.15) is 0 Å². The van der Waals surface area contributed by atoms with Gasteiger partial charge < -0.3 is 9.13 Å². The van der Waals surface area contributed by atoms with E-state index < -0.39 is 0 Å². The van der Waals surface area contributed by atoms with Crippen LogP contribution in [0.5, 0.6) is 0 Å². The first-order chi connectivity index (χ1) is 35.0. The van der Waals surface area contributed by atoms with Crippen molar-refractivity contribution in [1.82, 2.24) is 9.13 Å². The number of hydrogen-bond donors (Lipinski definition) is 0. The summed E-state index contributed by atoms with van der Waals surface area (Å²) in [5.74, 6) is 0. The molecule has 13 rings (SSSR count). The first-order valence-electron chi connectivity index (χ1n) is 25.4. The Morgan fingerprint density at radius 3 is 0.917 bits per heavy atom. The van der Waals surface area contributed by atoms with E-state index in [2.05, 4.69) is 281 Å². The van der Waals surface area contributed by atoms with Crippen LogP contribution >= 0.6 is 0 Å². The quantitative estimate of drug-likeness (QED) is 0.147. The van der Waals surface area contributed by atoms with E-state index in [0.717, 1.165) is 11.4 Å². The second-order valence-corrected chi connectivity index (χ2v) is 21.7. The zero-order valence-electron chi connectivity index (χ0n) is 41.8. The third-order valence-corrected chi connectivity index (χ3v) is 15.0. The third-order valence-electron chi connectivity index (χ3n) is 15.0. The lowest BCUT2D eigenvalue weighted by molar-refractivity contribution is 0.593. The summed E-state index contributed by atoms with van der Waals surface area (Å²) in [6.07, 6.45) is 0. The van der Waals surface area contributed by atoms with E-state index in [1.165, 1.54) is 121 Å². The molecule has 0 atom stereocenters. The summed E-state index contributed by atoms with van der Waals surface area (Å²) in [6.45, 7) is 14.5. The van der Waals surface area contributed by atoms with E-state index in [1.807, 2.05) is 0 Å². The number of benzene rings is 11. The highest BCUT2D eigenvalue weighted by Gasteiger charge is 2.32. The summed E-state index contributed by atoms with van der Waals surface area (Å²) in [7, 11) is 0. The van der Waals surface area contributed by atoms with Crippen LogP contribution in [0, 0.1) is 0 Å². The topological polar surface area (TPSA) is 9.86 Å². The van der Waals surface area contributed by atoms with Crippen LogP contribution in [0.4, 0.5) is 0 Å². The van der Waals surface area contributed by atoms with Gasteiger partial charge in [0, 0.05) is 33.3 Å². The normalized spacial score (nSPS) is 12.3. The molecule has 13 aromatic rings. The van der Waals surface area contributed by atoms with E-state index in [4.69, 9.17) is 0 Å². The Hall–Kier alpha value is -8.46. The van der Waals surface area contributed by atoms with Gasteiger partial charge in [-0.15, -0.1) is 0 Å². The van der Waals surface area contributed by atoms with Crippen molar-refractivity contribution in [3.8, 4) is 56.1 Å². The highest BCUT2D eigenvalue weighted by Crippen LogP contribution is 2.52. The molecule has 2 nitrogen and oxygen atoms in total. The monoisotopic (exact) mass is 924 g/mol. The Bertz CT molecular complexity index is 3960. The fourth-order valence-electron chi connectivity index (χ4n) is 12.1. The van der Waals surface area contributed by atoms with Crippen LogP contribution in [0.2, 0.25) is 0 Å². The zero-order valence-corrected chi connectivity index (χ0v) is 41.8. The lowest BCUT2D eigenvalue weighted by Crippen LogP contribution is -2.17. The van der Waals surface area contributed by atoms with Crippen molar-refractivity contribution in [2.45, 2.75) is 52.4 Å². The standard InChI is InChI=1S/C70H56N2/c1-69(2,3)65-55-41-59-62(72(54-38-36-46-24-20-22-34-52(46)40-54)67(49-29-15-9-16-30-49)63(59)47-25-11-7-12-26-47)44-58(55)66(70(4,5)6)56-42-60-61(43-57(56)65)71(53-37-35-45-23-19-21-33-51(45)39-53)68(50-31-17-10-18-32-50)64(60)48-27-13-8-14-28-48/h7-44H,1-6H3. The van der Waals surface area contributed by atoms with Crippen LogP contribution in [0.3, 0.4) is 0 Å². The van der Waals surface area contributed by atoms with E-state index in [9.17, 15) is 0 Å². The number of hydrogen-bond acceptors (Lipinski definition) is 0. The first-order valence-corrected chi connectivity index (χ1v) is 25.4. The maximum Gasteiger partial charge on any atom is 0.0619 e. The van der Waals surface area contributed by atoms with Crippen LogP contribution in [-0.2, 0) is 10.8 Å². The smallest absolute Gasteiger partial charge is 0.0619 e. The van der Waals surface area contributed by atoms with E-state index >= 15 is 0 Å². The van der Waals surface area contributed by atoms with Crippen LogP contribution in [0.1, 0.15) is 52.7 Å². The average molecular weight is 925 g/mol. The second-order valence-electron chi connectivity index (χ2n) is 21.7. The molecule has 0 radical (unpaired) electrons. The van der Waals surface area contributed by atoms with Crippen LogP contribution in [0.15, 0.2) is 231 Å². The maximum atomic E-state index is 2.57. The molecule has 0 unspecified atom stereocenters. The molecule has 0 saturated carbocycles. The summed E-state index contributed by atoms with van der Waals surface area (Å²) < 4.78 is 5.11. The van der Waals surface area contributed by atoms with Crippen LogP contribution < -0.4 is 0 Å². The van der Waals surface area contributed by atoms with Crippen molar-refractivity contribution in [3.63, 3.8) is 0 Å². The SMILES string of the molecule is CC(C)(C)c1c2cc3c(-c4ccccc4)c(-c4ccccc4)n(-c4ccc5ccccc5c4)c3cc2c(C(C)(C)C)c2cc3c(-c4ccccc4)c(-c4ccccc4)n(-c4ccc5ccccc5c4)c3cc12. The lowest BCUT2D eigenvalue weighted by Gasteiger charge is -2.31. The van der Waals surface area contributed by atoms with Gasteiger partial charge in [-0.05, 0) is 136 Å². The molecule has 0 aliphatic rings. The van der Waals surface area contributed by atoms with E-state index in [1.54, 1.807) is 0 Å². The summed E-state index contributed by atoms with van der Waals surface area (Å²) in [5, 5.41) is 12.6. The second kappa shape index (κ2) is 16.6. The minimum Gasteiger partial charge on any atom is -0.309 e. The molecule has 346 valence electrons. The van der Waals surface area contributed by atoms with Gasteiger partial charge in [-0.1, -0.05) is 224 Å². The number of rotatable bonds is 6. The van der Waals surface area contributed by atoms with Gasteiger partial charge >= 0.3 is 0 Å². The predicted molar refractivity (Wildman–Crippen MR) is 309 cm³/mol.